The molecular formula is C5HBr9. The second-order valence-electron chi connectivity index (χ2n) is 2.10. The van der Waals surface area contributed by atoms with E-state index < -0.39 is 6.43 Å². The Hall–Kier alpha value is 4.06. The Kier molecular flexibility index (Phi) is 8.36. The molecule has 0 unspecified atom stereocenters. The second-order valence-corrected chi connectivity index (χ2v) is 22.6. The normalized spacial score (nSPS) is 14.1. The first-order valence-electron chi connectivity index (χ1n) is 2.78. The van der Waals surface area contributed by atoms with Crippen LogP contribution in [0, 0.1) is 0 Å². The van der Waals surface area contributed by atoms with Crippen LogP contribution in [0.5, 0.6) is 0 Å². The van der Waals surface area contributed by atoms with Crippen LogP contribution in [0.2, 0.25) is 0 Å². The van der Waals surface area contributed by atoms with Gasteiger partial charge in [-0.05, 0) is 6.08 Å². The van der Waals surface area contributed by atoms with Gasteiger partial charge in [-0.25, -0.2) is 0 Å². The van der Waals surface area contributed by atoms with Crippen molar-refractivity contribution in [3.63, 3.8) is 0 Å². The molecule has 0 rings (SSSR count). The number of rotatable bonds is 0. The quantitative estimate of drug-likeness (QED) is 0.178. The molecule has 0 aliphatic carbocycles. The van der Waals surface area contributed by atoms with Gasteiger partial charge in [0.2, 0.25) is 0 Å². The van der Waals surface area contributed by atoms with E-state index in [2.05, 4.69) is 143 Å². The molecule has 0 amide bonds. The molecule has 0 atom stereocenters. The molecule has 0 aliphatic heterocycles. The minimum atomic E-state index is -0.524. The molecule has 0 heterocycles. The van der Waals surface area contributed by atoms with E-state index in [0.717, 1.165) is 5.57 Å². The van der Waals surface area contributed by atoms with Gasteiger partial charge in [-0.1, -0.05) is 143 Å². The Morgan fingerprint density at radius 2 is 0.929 bits per heavy atom. The molecule has 0 spiro atoms. The third-order valence-corrected chi connectivity index (χ3v) is 4.17. The van der Waals surface area contributed by atoms with Crippen molar-refractivity contribution in [1.29, 1.82) is 0 Å². The van der Waals surface area contributed by atoms with Gasteiger partial charge in [0.15, 0.2) is 6.43 Å². The predicted molar refractivity (Wildman–Crippen MR) is 96.6 cm³/mol. The lowest BCUT2D eigenvalue weighted by molar-refractivity contribution is 1.27. The Morgan fingerprint density at radius 3 is 1.00 bits per heavy atom. The molecular weight excluding hydrogens is 779 g/mol. The highest BCUT2D eigenvalue weighted by atomic mass is 80.0. The van der Waals surface area contributed by atoms with Crippen molar-refractivity contribution in [2.24, 2.45) is 0 Å². The van der Waals surface area contributed by atoms with Crippen molar-refractivity contribution in [2.75, 3.05) is 0 Å². The third kappa shape index (κ3) is 8.21. The van der Waals surface area contributed by atoms with Crippen LogP contribution in [0.25, 0.3) is 0 Å². The number of halogens is 9. The molecule has 0 fully saturated rings. The summed E-state index contributed by atoms with van der Waals surface area (Å²) in [6, 6.07) is 0. The number of hydrogen-bond donors (Lipinski definition) is 0. The summed E-state index contributed by atoms with van der Waals surface area (Å²) in [5, 5.41) is 0. The first-order chi connectivity index (χ1) is 5.84. The van der Waals surface area contributed by atoms with Crippen molar-refractivity contribution in [2.45, 2.75) is 6.43 Å². The van der Waals surface area contributed by atoms with Crippen molar-refractivity contribution < 1.29 is 0 Å². The largest absolute Gasteiger partial charge is 0.159 e. The van der Waals surface area contributed by atoms with Crippen molar-refractivity contribution in [1.82, 2.24) is 0 Å². The van der Waals surface area contributed by atoms with Gasteiger partial charge in [-0.2, -0.15) is 0 Å². The molecule has 0 radical (unpaired) electrons. The van der Waals surface area contributed by atoms with E-state index in [4.69, 9.17) is 0 Å². The minimum Gasteiger partial charge on any atom is -0.0552 e. The van der Waals surface area contributed by atoms with Gasteiger partial charge in [-0.15, -0.1) is 0 Å². The summed E-state index contributed by atoms with van der Waals surface area (Å²) in [7, 11) is 0. The Morgan fingerprint density at radius 1 is 0.643 bits per heavy atom. The monoisotopic (exact) mass is 771 g/mol. The maximum Gasteiger partial charge on any atom is 0.159 e. The van der Waals surface area contributed by atoms with Crippen molar-refractivity contribution in [3.8, 4) is 0 Å². The molecule has 0 aromatic heterocycles. The van der Waals surface area contributed by atoms with Gasteiger partial charge in [0, 0.05) is 5.57 Å². The lowest BCUT2D eigenvalue weighted by atomic mass is 10.3. The van der Waals surface area contributed by atoms with Crippen LogP contribution < -0.4 is 0 Å². The molecule has 0 aliphatic rings. The molecule has 14 heavy (non-hydrogen) atoms. The highest BCUT2D eigenvalue weighted by molar-refractivity contribution is 9.41. The fraction of sp³-hybridized carbons (Fsp3) is 0.600. The van der Waals surface area contributed by atoms with Crippen LogP contribution in [0.4, 0.5) is 0 Å². The topological polar surface area (TPSA) is 0 Å². The summed E-state index contributed by atoms with van der Waals surface area (Å²) < 4.78 is -1.52. The standard InChI is InChI=1S/C5HBr9/c6-3(7,8)1-2(4(9,10)11)5(12,13)14/h1H. The summed E-state index contributed by atoms with van der Waals surface area (Å²) >= 11 is 30.9. The number of allylic oxidation sites excluding steroid dienone is 2. The Labute approximate surface area is 158 Å². The highest BCUT2D eigenvalue weighted by Crippen LogP contribution is 2.55. The lowest BCUT2D eigenvalue weighted by Crippen LogP contribution is -2.20. The summed E-state index contributed by atoms with van der Waals surface area (Å²) in [6.07, 6.45) is 1.91. The van der Waals surface area contributed by atoms with Crippen LogP contribution in [0.1, 0.15) is 0 Å². The molecule has 0 saturated heterocycles. The fourth-order valence-corrected chi connectivity index (χ4v) is 6.04. The molecule has 0 aromatic rings. The van der Waals surface area contributed by atoms with E-state index >= 15 is 0 Å². The summed E-state index contributed by atoms with van der Waals surface area (Å²) in [5.74, 6) is 0. The predicted octanol–water partition coefficient (Wildman–Crippen LogP) is 7.43. The number of alkyl halides is 9. The second kappa shape index (κ2) is 6.48. The Balaban J connectivity index is 5.26. The SMILES string of the molecule is BrC(Br)(Br)C=C(C(Br)(Br)Br)C(Br)(Br)Br. The van der Waals surface area contributed by atoms with Crippen molar-refractivity contribution in [3.05, 3.63) is 11.6 Å². The minimum absolute atomic E-state index is 0.469. The molecule has 0 bridgehead atoms. The summed E-state index contributed by atoms with van der Waals surface area (Å²) in [5.41, 5.74) is 0.913. The van der Waals surface area contributed by atoms with E-state index in [1.165, 1.54) is 0 Å². The van der Waals surface area contributed by atoms with E-state index in [-0.39, 0.29) is 0 Å². The molecule has 0 nitrogen and oxygen atoms in total. The van der Waals surface area contributed by atoms with Crippen LogP contribution in [-0.4, -0.2) is 6.43 Å². The smallest absolute Gasteiger partial charge is 0.0552 e. The van der Waals surface area contributed by atoms with Crippen LogP contribution in [-0.2, 0) is 0 Å². The Bertz CT molecular complexity index is 207. The van der Waals surface area contributed by atoms with Crippen LogP contribution >= 0.6 is 143 Å². The first-order valence-corrected chi connectivity index (χ1v) is 9.92. The van der Waals surface area contributed by atoms with Crippen molar-refractivity contribution >= 4 is 143 Å². The third-order valence-electron chi connectivity index (χ3n) is 0.919. The average Bonchev–Trinajstić information content (AvgIpc) is 1.75. The fourth-order valence-electron chi connectivity index (χ4n) is 0.488. The zero-order valence-corrected chi connectivity index (χ0v) is 20.3. The highest BCUT2D eigenvalue weighted by Gasteiger charge is 2.39. The maximum absolute atomic E-state index is 3.45. The van der Waals surface area contributed by atoms with Crippen LogP contribution in [0.15, 0.2) is 11.6 Å². The van der Waals surface area contributed by atoms with E-state index in [1.54, 1.807) is 0 Å². The van der Waals surface area contributed by atoms with Crippen LogP contribution in [0.3, 0.4) is 0 Å². The summed E-state index contributed by atoms with van der Waals surface area (Å²) in [6.45, 7) is 0. The van der Waals surface area contributed by atoms with Gasteiger partial charge in [0.25, 0.3) is 0 Å². The first kappa shape index (κ1) is 18.1. The van der Waals surface area contributed by atoms with Gasteiger partial charge < -0.3 is 0 Å². The molecule has 0 aromatic carbocycles. The van der Waals surface area contributed by atoms with Gasteiger partial charge >= 0.3 is 0 Å². The van der Waals surface area contributed by atoms with Gasteiger partial charge in [-0.3, -0.25) is 0 Å². The lowest BCUT2D eigenvalue weighted by Gasteiger charge is -2.26. The van der Waals surface area contributed by atoms with Gasteiger partial charge in [0.1, 0.15) is 0 Å². The zero-order chi connectivity index (χ0) is 11.8. The maximum atomic E-state index is 3.45. The van der Waals surface area contributed by atoms with E-state index in [9.17, 15) is 0 Å². The average molecular weight is 780 g/mol. The molecule has 0 N–H and O–H groups in total. The molecule has 9 heteroatoms. The van der Waals surface area contributed by atoms with Gasteiger partial charge in [0.05, 0.1) is 0 Å². The van der Waals surface area contributed by atoms with E-state index in [0.29, 0.717) is 0 Å². The zero-order valence-electron chi connectivity index (χ0n) is 5.98. The molecule has 0 saturated carbocycles. The molecule has 84 valence electrons. The number of hydrogen-bond acceptors (Lipinski definition) is 0. The summed E-state index contributed by atoms with van der Waals surface area (Å²) in [4.78, 5) is 0. The van der Waals surface area contributed by atoms with E-state index in [1.807, 2.05) is 6.08 Å².